The van der Waals surface area contributed by atoms with Crippen molar-refractivity contribution in [2.45, 2.75) is 42.6 Å². The first kappa shape index (κ1) is 14.4. The molecule has 0 aliphatic carbocycles. The molecule has 1 aliphatic heterocycles. The number of halogens is 1. The molecule has 0 radical (unpaired) electrons. The highest BCUT2D eigenvalue weighted by Gasteiger charge is 2.26. The highest BCUT2D eigenvalue weighted by molar-refractivity contribution is 9.10. The van der Waals surface area contributed by atoms with Gasteiger partial charge in [0.2, 0.25) is 0 Å². The standard InChI is InChI=1S/C14H20BrNOS/c1-9(16-3)12-5-4-11(15)8-14(12)18-13-6-7-17-10(13)2/h4-5,8-10,13,16H,6-7H2,1-3H3. The van der Waals surface area contributed by atoms with Crippen LogP contribution in [0.1, 0.15) is 31.9 Å². The second-order valence-electron chi connectivity index (χ2n) is 4.71. The Hall–Kier alpha value is -0.0300. The maximum atomic E-state index is 5.65. The Bertz CT molecular complexity index is 413. The third-order valence-corrected chi connectivity index (χ3v) is 5.48. The fraction of sp³-hybridized carbons (Fsp3) is 0.571. The summed E-state index contributed by atoms with van der Waals surface area (Å²) < 4.78 is 6.79. The van der Waals surface area contributed by atoms with Gasteiger partial charge in [-0.2, -0.15) is 0 Å². The van der Waals surface area contributed by atoms with Crippen molar-refractivity contribution in [1.82, 2.24) is 5.32 Å². The summed E-state index contributed by atoms with van der Waals surface area (Å²) in [6, 6.07) is 6.91. The molecule has 2 nitrogen and oxygen atoms in total. The van der Waals surface area contributed by atoms with Crippen LogP contribution in [0.15, 0.2) is 27.6 Å². The maximum absolute atomic E-state index is 5.65. The molecule has 1 N–H and O–H groups in total. The molecule has 3 atom stereocenters. The lowest BCUT2D eigenvalue weighted by molar-refractivity contribution is 0.127. The lowest BCUT2D eigenvalue weighted by Crippen LogP contribution is -2.16. The molecule has 1 aromatic carbocycles. The molecular weight excluding hydrogens is 310 g/mol. The number of benzene rings is 1. The molecule has 0 saturated carbocycles. The molecule has 0 aromatic heterocycles. The van der Waals surface area contributed by atoms with E-state index in [2.05, 4.69) is 53.3 Å². The van der Waals surface area contributed by atoms with Gasteiger partial charge in [0.05, 0.1) is 6.10 Å². The Kier molecular flexibility index (Phi) is 5.13. The molecule has 100 valence electrons. The van der Waals surface area contributed by atoms with Crippen LogP contribution < -0.4 is 5.32 Å². The Labute approximate surface area is 122 Å². The predicted octanol–water partition coefficient (Wildman–Crippen LogP) is 4.00. The van der Waals surface area contributed by atoms with Crippen molar-refractivity contribution in [3.05, 3.63) is 28.2 Å². The minimum Gasteiger partial charge on any atom is -0.377 e. The van der Waals surface area contributed by atoms with E-state index < -0.39 is 0 Å². The minimum absolute atomic E-state index is 0.353. The van der Waals surface area contributed by atoms with E-state index in [4.69, 9.17) is 4.74 Å². The van der Waals surface area contributed by atoms with E-state index in [0.29, 0.717) is 17.4 Å². The first-order valence-electron chi connectivity index (χ1n) is 6.36. The Morgan fingerprint density at radius 1 is 1.50 bits per heavy atom. The molecule has 1 aromatic rings. The van der Waals surface area contributed by atoms with E-state index >= 15 is 0 Å². The molecule has 0 spiro atoms. The number of ether oxygens (including phenoxy) is 1. The molecular formula is C14H20BrNOS. The van der Waals surface area contributed by atoms with Crippen LogP contribution in [0.5, 0.6) is 0 Å². The molecule has 1 fully saturated rings. The summed E-state index contributed by atoms with van der Waals surface area (Å²) in [5, 5.41) is 3.89. The Morgan fingerprint density at radius 3 is 2.89 bits per heavy atom. The van der Waals surface area contributed by atoms with Gasteiger partial charge in [-0.25, -0.2) is 0 Å². The van der Waals surface area contributed by atoms with E-state index in [0.717, 1.165) is 17.5 Å². The van der Waals surface area contributed by atoms with Crippen LogP contribution in [0.25, 0.3) is 0 Å². The zero-order chi connectivity index (χ0) is 13.1. The van der Waals surface area contributed by atoms with Gasteiger partial charge >= 0.3 is 0 Å². The number of hydrogen-bond donors (Lipinski definition) is 1. The van der Waals surface area contributed by atoms with Gasteiger partial charge in [-0.05, 0) is 45.0 Å². The van der Waals surface area contributed by atoms with Gasteiger partial charge in [-0.1, -0.05) is 22.0 Å². The summed E-state index contributed by atoms with van der Waals surface area (Å²) in [5.74, 6) is 0. The maximum Gasteiger partial charge on any atom is 0.0669 e. The van der Waals surface area contributed by atoms with Crippen molar-refractivity contribution >= 4 is 27.7 Å². The third kappa shape index (κ3) is 3.29. The van der Waals surface area contributed by atoms with Crippen molar-refractivity contribution in [3.63, 3.8) is 0 Å². The summed E-state index contributed by atoms with van der Waals surface area (Å²) in [6.07, 6.45) is 1.50. The quantitative estimate of drug-likeness (QED) is 0.902. The van der Waals surface area contributed by atoms with Crippen molar-refractivity contribution in [1.29, 1.82) is 0 Å². The van der Waals surface area contributed by atoms with Gasteiger partial charge in [-0.3, -0.25) is 0 Å². The molecule has 18 heavy (non-hydrogen) atoms. The minimum atomic E-state index is 0.353. The number of thioether (sulfide) groups is 1. The van der Waals surface area contributed by atoms with Gasteiger partial charge < -0.3 is 10.1 Å². The van der Waals surface area contributed by atoms with Gasteiger partial charge in [0.1, 0.15) is 0 Å². The number of rotatable bonds is 4. The van der Waals surface area contributed by atoms with Gasteiger partial charge in [-0.15, -0.1) is 11.8 Å². The SMILES string of the molecule is CNC(C)c1ccc(Br)cc1SC1CCOC1C. The average Bonchev–Trinajstić information content (AvgIpc) is 2.74. The van der Waals surface area contributed by atoms with Crippen LogP contribution in [-0.2, 0) is 4.74 Å². The van der Waals surface area contributed by atoms with Crippen molar-refractivity contribution in [2.24, 2.45) is 0 Å². The fourth-order valence-electron chi connectivity index (χ4n) is 2.15. The summed E-state index contributed by atoms with van der Waals surface area (Å²) in [5.41, 5.74) is 1.37. The van der Waals surface area contributed by atoms with Crippen LogP contribution in [0.4, 0.5) is 0 Å². The average molecular weight is 330 g/mol. The molecule has 2 rings (SSSR count). The van der Waals surface area contributed by atoms with Crippen molar-refractivity contribution in [2.75, 3.05) is 13.7 Å². The van der Waals surface area contributed by atoms with Gasteiger partial charge in [0.25, 0.3) is 0 Å². The first-order valence-corrected chi connectivity index (χ1v) is 8.04. The lowest BCUT2D eigenvalue weighted by atomic mass is 10.1. The normalized spacial score (nSPS) is 25.3. The van der Waals surface area contributed by atoms with Crippen LogP contribution in [0.3, 0.4) is 0 Å². The Morgan fingerprint density at radius 2 is 2.28 bits per heavy atom. The molecule has 1 saturated heterocycles. The topological polar surface area (TPSA) is 21.3 Å². The highest BCUT2D eigenvalue weighted by atomic mass is 79.9. The van der Waals surface area contributed by atoms with E-state index in [1.807, 2.05) is 18.8 Å². The van der Waals surface area contributed by atoms with Crippen LogP contribution in [-0.4, -0.2) is 25.0 Å². The van der Waals surface area contributed by atoms with E-state index in [-0.39, 0.29) is 0 Å². The smallest absolute Gasteiger partial charge is 0.0669 e. The van der Waals surface area contributed by atoms with Gasteiger partial charge in [0.15, 0.2) is 0 Å². The monoisotopic (exact) mass is 329 g/mol. The second kappa shape index (κ2) is 6.42. The van der Waals surface area contributed by atoms with Crippen molar-refractivity contribution in [3.8, 4) is 0 Å². The largest absolute Gasteiger partial charge is 0.377 e. The summed E-state index contributed by atoms with van der Waals surface area (Å²) >= 11 is 5.52. The highest BCUT2D eigenvalue weighted by Crippen LogP contribution is 2.37. The third-order valence-electron chi connectivity index (χ3n) is 3.46. The zero-order valence-corrected chi connectivity index (χ0v) is 13.5. The lowest BCUT2D eigenvalue weighted by Gasteiger charge is -2.19. The van der Waals surface area contributed by atoms with Crippen molar-refractivity contribution < 1.29 is 4.74 Å². The van der Waals surface area contributed by atoms with Crippen LogP contribution in [0.2, 0.25) is 0 Å². The van der Waals surface area contributed by atoms with Gasteiger partial charge in [0, 0.05) is 27.3 Å². The summed E-state index contributed by atoms with van der Waals surface area (Å²) in [4.78, 5) is 1.36. The Balaban J connectivity index is 2.21. The number of hydrogen-bond acceptors (Lipinski definition) is 3. The van der Waals surface area contributed by atoms with E-state index in [9.17, 15) is 0 Å². The number of nitrogens with one attached hydrogen (secondary N) is 1. The molecule has 0 amide bonds. The molecule has 0 bridgehead atoms. The zero-order valence-electron chi connectivity index (χ0n) is 11.1. The van der Waals surface area contributed by atoms with E-state index in [1.165, 1.54) is 10.5 Å². The van der Waals surface area contributed by atoms with Crippen LogP contribution >= 0.6 is 27.7 Å². The second-order valence-corrected chi connectivity index (χ2v) is 6.91. The molecule has 3 unspecified atom stereocenters. The molecule has 1 aliphatic rings. The predicted molar refractivity (Wildman–Crippen MR) is 81.3 cm³/mol. The fourth-order valence-corrected chi connectivity index (χ4v) is 4.05. The summed E-state index contributed by atoms with van der Waals surface area (Å²) in [6.45, 7) is 5.26. The summed E-state index contributed by atoms with van der Waals surface area (Å²) in [7, 11) is 2.00. The molecule has 1 heterocycles. The molecule has 4 heteroatoms. The van der Waals surface area contributed by atoms with Crippen LogP contribution in [0, 0.1) is 0 Å². The first-order chi connectivity index (χ1) is 8.61. The van der Waals surface area contributed by atoms with E-state index in [1.54, 1.807) is 0 Å².